The van der Waals surface area contributed by atoms with E-state index in [0.717, 1.165) is 30.3 Å². The van der Waals surface area contributed by atoms with Crippen molar-refractivity contribution in [2.45, 2.75) is 19.6 Å². The molecule has 24 nitrogen and oxygen atoms in total. The fourth-order valence-electron chi connectivity index (χ4n) is 3.70. The third-order valence-corrected chi connectivity index (χ3v) is 12.1. The van der Waals surface area contributed by atoms with Crippen LogP contribution < -0.4 is 70.6 Å². The molecular formula is C22H22N6Na2O18S6. The minimum absolute atomic E-state index is 0. The van der Waals surface area contributed by atoms with Gasteiger partial charge in [0.2, 0.25) is 0 Å². The predicted octanol–water partition coefficient (Wildman–Crippen LogP) is -5.32. The molecule has 0 aliphatic carbocycles. The van der Waals surface area contributed by atoms with Crippen LogP contribution in [0.5, 0.6) is 0 Å². The van der Waals surface area contributed by atoms with Crippen molar-refractivity contribution in [3.05, 3.63) is 48.5 Å². The summed E-state index contributed by atoms with van der Waals surface area (Å²) < 4.78 is 189. The van der Waals surface area contributed by atoms with Crippen LogP contribution in [0.3, 0.4) is 0 Å². The molecule has 0 unspecified atom stereocenters. The van der Waals surface area contributed by atoms with Crippen molar-refractivity contribution in [2.75, 3.05) is 36.2 Å². The predicted molar refractivity (Wildman–Crippen MR) is 172 cm³/mol. The van der Waals surface area contributed by atoms with Gasteiger partial charge in [-0.1, -0.05) is 0 Å². The maximum absolute atomic E-state index is 12.5. The smallest absolute Gasteiger partial charge is 0.744 e. The summed E-state index contributed by atoms with van der Waals surface area (Å²) >= 11 is 0. The molecule has 0 aliphatic heterocycles. The summed E-state index contributed by atoms with van der Waals surface area (Å²) in [5.74, 6) is -1.95. The van der Waals surface area contributed by atoms with Crippen LogP contribution in [0.25, 0.3) is 0 Å². The van der Waals surface area contributed by atoms with Crippen molar-refractivity contribution in [2.24, 2.45) is 20.5 Å². The van der Waals surface area contributed by atoms with E-state index in [2.05, 4.69) is 28.8 Å². The van der Waals surface area contributed by atoms with Crippen molar-refractivity contribution in [1.29, 1.82) is 0 Å². The topological polar surface area (TPSA) is 411 Å². The molecular weight excluding hydrogens is 875 g/mol. The molecule has 286 valence electrons. The summed E-state index contributed by atoms with van der Waals surface area (Å²) in [6.07, 6.45) is 0. The quantitative estimate of drug-likeness (QED) is 0.0451. The van der Waals surface area contributed by atoms with Gasteiger partial charge in [-0.2, -0.15) is 21.9 Å². The molecule has 0 bridgehead atoms. The summed E-state index contributed by atoms with van der Waals surface area (Å²) in [5, 5.41) is 14.5. The van der Waals surface area contributed by atoms with E-state index in [0.29, 0.717) is 18.2 Å². The third kappa shape index (κ3) is 14.5. The molecule has 0 aromatic heterocycles. The van der Waals surface area contributed by atoms with Crippen LogP contribution in [0.15, 0.2) is 88.6 Å². The number of anilines is 2. The fraction of sp³-hybridized carbons (Fsp3) is 0.182. The Morgan fingerprint density at radius 3 is 1.46 bits per heavy atom. The van der Waals surface area contributed by atoms with E-state index in [1.807, 2.05) is 0 Å². The molecule has 3 aromatic carbocycles. The molecule has 6 N–H and O–H groups in total. The summed E-state index contributed by atoms with van der Waals surface area (Å²) in [7, 11) is -29.5. The van der Waals surface area contributed by atoms with Crippen LogP contribution >= 0.6 is 0 Å². The number of benzene rings is 3. The van der Waals surface area contributed by atoms with Crippen LogP contribution in [0.2, 0.25) is 0 Å². The molecule has 0 saturated carbocycles. The van der Waals surface area contributed by atoms with Gasteiger partial charge in [-0.15, -0.1) is 15.3 Å². The Kier molecular flexibility index (Phi) is 17.5. The van der Waals surface area contributed by atoms with Gasteiger partial charge < -0.3 is 20.6 Å². The molecule has 0 fully saturated rings. The van der Waals surface area contributed by atoms with Crippen LogP contribution in [0.4, 0.5) is 34.1 Å². The molecule has 3 aromatic rings. The molecule has 54 heavy (non-hydrogen) atoms. The Balaban J connectivity index is 0.00000729. The van der Waals surface area contributed by atoms with Crippen LogP contribution in [0.1, 0.15) is 0 Å². The number of hydrogen-bond acceptors (Lipinski definition) is 22. The monoisotopic (exact) mass is 896 g/mol. The van der Waals surface area contributed by atoms with Gasteiger partial charge in [0.1, 0.15) is 37.3 Å². The van der Waals surface area contributed by atoms with Gasteiger partial charge in [0.15, 0.2) is 19.7 Å². The van der Waals surface area contributed by atoms with Gasteiger partial charge in [-0.05, 0) is 48.5 Å². The van der Waals surface area contributed by atoms with Gasteiger partial charge in [0, 0.05) is 0 Å². The first kappa shape index (κ1) is 49.9. The van der Waals surface area contributed by atoms with Crippen molar-refractivity contribution < 1.29 is 136 Å². The van der Waals surface area contributed by atoms with Gasteiger partial charge >= 0.3 is 79.9 Å². The van der Waals surface area contributed by atoms with E-state index in [-0.39, 0.29) is 69.7 Å². The molecule has 0 spiro atoms. The second-order valence-electron chi connectivity index (χ2n) is 9.64. The maximum Gasteiger partial charge on any atom is 1.00 e. The summed E-state index contributed by atoms with van der Waals surface area (Å²) in [6, 6.07) is 6.45. The minimum Gasteiger partial charge on any atom is -0.744 e. The first-order valence-corrected chi connectivity index (χ1v) is 21.9. The van der Waals surface area contributed by atoms with Crippen LogP contribution in [0, 0.1) is 0 Å². The fourth-order valence-corrected chi connectivity index (χ4v) is 8.03. The maximum atomic E-state index is 12.5. The number of azo groups is 2. The third-order valence-electron chi connectivity index (χ3n) is 6.04. The Hall–Kier alpha value is -2.08. The van der Waals surface area contributed by atoms with Crippen molar-refractivity contribution in [1.82, 2.24) is 0 Å². The molecule has 0 amide bonds. The van der Waals surface area contributed by atoms with Gasteiger partial charge in [0.25, 0.3) is 0 Å². The second kappa shape index (κ2) is 18.9. The largest absolute Gasteiger partial charge is 1.00 e. The normalized spacial score (nSPS) is 13.1. The van der Waals surface area contributed by atoms with E-state index < -0.39 is 129 Å². The first-order valence-electron chi connectivity index (χ1n) is 13.0. The number of nitrogens with zero attached hydrogens (tertiary/aromatic N) is 4. The molecule has 0 heterocycles. The van der Waals surface area contributed by atoms with E-state index >= 15 is 0 Å². The van der Waals surface area contributed by atoms with Crippen molar-refractivity contribution in [3.8, 4) is 0 Å². The second-order valence-corrected chi connectivity index (χ2v) is 18.7. The number of hydrogen-bond donors (Lipinski definition) is 4. The Bertz CT molecular complexity index is 2620. The van der Waals surface area contributed by atoms with Crippen LogP contribution in [-0.4, -0.2) is 93.4 Å². The van der Waals surface area contributed by atoms with E-state index in [1.165, 1.54) is 0 Å². The SMILES string of the molecule is Nc1c(N=Nc2ccc(S(=O)(=O)CCOS(=O)(=O)O)cc2S(=O)(=O)[O-])cc(S(=O)(=O)[O-])c(N)c1N=Nc1ccc(S(=O)(=O)CCOS(=O)(=O)O)cc1.[Na+].[Na+]. The standard InChI is InChI=1S/C22H24N6O18S6.2Na/c23-20-17(27-26-16-6-5-15(11-18(16)49(33,34)35)48(31,32)10-8-46-52(42,43)44)12-19(50(36,37)38)21(24)22(20)28-25-13-1-3-14(4-2-13)47(29,30)9-7-45-51(39,40)41;;/h1-6,11-12H,7-10,23-24H2,(H,33,34,35)(H,36,37,38)(H,39,40,41)(H,42,43,44);;/q;2*+1/p-2. The number of sulfone groups is 2. The average molecular weight is 897 g/mol. The summed E-state index contributed by atoms with van der Waals surface area (Å²) in [4.78, 5) is -3.62. The Morgan fingerprint density at radius 1 is 0.556 bits per heavy atom. The van der Waals surface area contributed by atoms with Crippen molar-refractivity contribution >= 4 is 94.8 Å². The van der Waals surface area contributed by atoms with E-state index in [1.54, 1.807) is 0 Å². The zero-order chi connectivity index (χ0) is 39.5. The minimum atomic E-state index is -5.53. The van der Waals surface area contributed by atoms with Gasteiger partial charge in [-0.3, -0.25) is 9.11 Å². The van der Waals surface area contributed by atoms with Crippen molar-refractivity contribution in [3.63, 3.8) is 0 Å². The van der Waals surface area contributed by atoms with Crippen LogP contribution in [-0.2, 0) is 69.1 Å². The molecule has 0 radical (unpaired) electrons. The first-order chi connectivity index (χ1) is 23.6. The molecule has 0 atom stereocenters. The van der Waals surface area contributed by atoms with E-state index in [4.69, 9.17) is 20.6 Å². The zero-order valence-corrected chi connectivity index (χ0v) is 36.2. The Labute approximate surface area is 352 Å². The number of nitrogen functional groups attached to an aromatic ring is 2. The number of rotatable bonds is 16. The van der Waals surface area contributed by atoms with Gasteiger partial charge in [-0.25, -0.2) is 42.0 Å². The van der Waals surface area contributed by atoms with Gasteiger partial charge in [0.05, 0.1) is 61.4 Å². The number of nitrogens with two attached hydrogens (primary N) is 2. The van der Waals surface area contributed by atoms with E-state index in [9.17, 15) is 59.6 Å². The average Bonchev–Trinajstić information content (AvgIpc) is 2.98. The Morgan fingerprint density at radius 2 is 1.00 bits per heavy atom. The zero-order valence-electron chi connectivity index (χ0n) is 27.3. The summed E-state index contributed by atoms with van der Waals surface area (Å²) in [5.41, 5.74) is 7.98. The molecule has 3 rings (SSSR count). The summed E-state index contributed by atoms with van der Waals surface area (Å²) in [6.45, 7) is -1.99. The molecule has 0 aliphatic rings. The molecule has 0 saturated heterocycles. The molecule has 32 heteroatoms.